The van der Waals surface area contributed by atoms with E-state index in [2.05, 4.69) is 10.9 Å². The number of carbonyl (C=O) groups excluding carboxylic acids is 2. The predicted octanol–water partition coefficient (Wildman–Crippen LogP) is 3.22. The summed E-state index contributed by atoms with van der Waals surface area (Å²) >= 11 is 6.10. The smallest absolute Gasteiger partial charge is 0.279 e. The van der Waals surface area contributed by atoms with E-state index >= 15 is 0 Å². The third-order valence-corrected chi connectivity index (χ3v) is 7.43. The second-order valence-electron chi connectivity index (χ2n) is 7.13. The van der Waals surface area contributed by atoms with Crippen LogP contribution in [0.3, 0.4) is 0 Å². The minimum atomic E-state index is -3.77. The Morgan fingerprint density at radius 3 is 2.38 bits per heavy atom. The molecule has 0 heterocycles. The predicted molar refractivity (Wildman–Crippen MR) is 123 cm³/mol. The monoisotopic (exact) mass is 481 g/mol. The number of rotatable bonds is 8. The zero-order valence-corrected chi connectivity index (χ0v) is 20.3. The van der Waals surface area contributed by atoms with Crippen molar-refractivity contribution in [3.8, 4) is 5.75 Å². The van der Waals surface area contributed by atoms with Crippen LogP contribution in [0.5, 0.6) is 5.75 Å². The average Bonchev–Trinajstić information content (AvgIpc) is 2.75. The van der Waals surface area contributed by atoms with Gasteiger partial charge in [0.2, 0.25) is 10.0 Å². The molecule has 2 aromatic rings. The van der Waals surface area contributed by atoms with E-state index in [9.17, 15) is 18.0 Å². The van der Waals surface area contributed by atoms with Gasteiger partial charge in [0, 0.05) is 13.1 Å². The molecule has 10 heteroatoms. The fourth-order valence-electron chi connectivity index (χ4n) is 2.93. The summed E-state index contributed by atoms with van der Waals surface area (Å²) < 4.78 is 32.4. The topological polar surface area (TPSA) is 105 Å². The van der Waals surface area contributed by atoms with Crippen LogP contribution < -0.4 is 15.6 Å². The number of hydrogen-bond acceptors (Lipinski definition) is 5. The van der Waals surface area contributed by atoms with Gasteiger partial charge in [0.15, 0.2) is 6.10 Å². The number of nitrogens with zero attached hydrogens (tertiary/aromatic N) is 1. The molecule has 174 valence electrons. The summed E-state index contributed by atoms with van der Waals surface area (Å²) in [6, 6.07) is 9.38. The van der Waals surface area contributed by atoms with Crippen LogP contribution in [0.1, 0.15) is 42.3 Å². The summed E-state index contributed by atoms with van der Waals surface area (Å²) in [6.45, 7) is 9.40. The molecule has 1 unspecified atom stereocenters. The average molecular weight is 482 g/mol. The lowest BCUT2D eigenvalue weighted by Crippen LogP contribution is -2.47. The van der Waals surface area contributed by atoms with Crippen molar-refractivity contribution >= 4 is 33.4 Å². The second kappa shape index (κ2) is 10.8. The molecule has 0 fully saturated rings. The Morgan fingerprint density at radius 2 is 1.75 bits per heavy atom. The summed E-state index contributed by atoms with van der Waals surface area (Å²) in [7, 11) is -3.77. The number of benzene rings is 2. The van der Waals surface area contributed by atoms with Crippen molar-refractivity contribution in [3.63, 3.8) is 0 Å². The van der Waals surface area contributed by atoms with E-state index in [4.69, 9.17) is 16.3 Å². The fourth-order valence-corrected chi connectivity index (χ4v) is 4.62. The molecule has 0 aromatic heterocycles. The zero-order valence-electron chi connectivity index (χ0n) is 18.7. The van der Waals surface area contributed by atoms with Gasteiger partial charge < -0.3 is 4.74 Å². The molecular formula is C22H28ClN3O5S. The number of nitrogens with one attached hydrogen (secondary N) is 2. The molecule has 0 radical (unpaired) electrons. The molecule has 1 atom stereocenters. The zero-order chi connectivity index (χ0) is 24.1. The second-order valence-corrected chi connectivity index (χ2v) is 9.48. The summed E-state index contributed by atoms with van der Waals surface area (Å²) in [5.41, 5.74) is 6.40. The van der Waals surface area contributed by atoms with E-state index in [-0.39, 0.29) is 28.6 Å². The molecule has 0 spiro atoms. The van der Waals surface area contributed by atoms with Crippen LogP contribution in [-0.2, 0) is 14.8 Å². The number of halogens is 1. The van der Waals surface area contributed by atoms with Crippen LogP contribution in [0.15, 0.2) is 41.3 Å². The molecular weight excluding hydrogens is 454 g/mol. The van der Waals surface area contributed by atoms with Crippen LogP contribution in [0.25, 0.3) is 0 Å². The lowest BCUT2D eigenvalue weighted by Gasteiger charge is -2.19. The van der Waals surface area contributed by atoms with E-state index in [1.54, 1.807) is 26.8 Å². The van der Waals surface area contributed by atoms with Crippen molar-refractivity contribution in [1.29, 1.82) is 0 Å². The van der Waals surface area contributed by atoms with Gasteiger partial charge in [-0.25, -0.2) is 8.42 Å². The highest BCUT2D eigenvalue weighted by Crippen LogP contribution is 2.23. The third kappa shape index (κ3) is 5.79. The highest BCUT2D eigenvalue weighted by molar-refractivity contribution is 7.89. The molecule has 0 aliphatic heterocycles. The van der Waals surface area contributed by atoms with Crippen LogP contribution in [0.2, 0.25) is 5.02 Å². The van der Waals surface area contributed by atoms with E-state index in [1.165, 1.54) is 22.5 Å². The summed E-state index contributed by atoms with van der Waals surface area (Å²) in [5, 5.41) is 0.0509. The minimum absolute atomic E-state index is 0.0509. The molecule has 2 amide bonds. The minimum Gasteiger partial charge on any atom is -0.481 e. The van der Waals surface area contributed by atoms with Gasteiger partial charge in [0.05, 0.1) is 15.5 Å². The maximum Gasteiger partial charge on any atom is 0.279 e. The van der Waals surface area contributed by atoms with Crippen molar-refractivity contribution in [1.82, 2.24) is 15.2 Å². The maximum absolute atomic E-state index is 12.7. The Morgan fingerprint density at radius 1 is 1.09 bits per heavy atom. The first-order valence-electron chi connectivity index (χ1n) is 10.2. The normalized spacial score (nSPS) is 12.3. The summed E-state index contributed by atoms with van der Waals surface area (Å²) in [5.74, 6) is -0.766. The van der Waals surface area contributed by atoms with Gasteiger partial charge in [0.25, 0.3) is 11.8 Å². The number of ether oxygens (including phenoxy) is 1. The van der Waals surface area contributed by atoms with E-state index in [1.807, 2.05) is 26.0 Å². The number of hydrogen-bond donors (Lipinski definition) is 2. The van der Waals surface area contributed by atoms with Crippen LogP contribution in [-0.4, -0.2) is 43.7 Å². The first kappa shape index (κ1) is 25.6. The van der Waals surface area contributed by atoms with Crippen molar-refractivity contribution in [2.24, 2.45) is 0 Å². The Bertz CT molecular complexity index is 1100. The molecule has 0 aliphatic carbocycles. The lowest BCUT2D eigenvalue weighted by molar-refractivity contribution is -0.128. The molecule has 0 bridgehead atoms. The van der Waals surface area contributed by atoms with Gasteiger partial charge in [-0.1, -0.05) is 37.6 Å². The highest BCUT2D eigenvalue weighted by Gasteiger charge is 2.24. The third-order valence-electron chi connectivity index (χ3n) is 5.05. The number of sulfonamides is 1. The van der Waals surface area contributed by atoms with Crippen molar-refractivity contribution in [2.75, 3.05) is 13.1 Å². The molecule has 0 saturated carbocycles. The van der Waals surface area contributed by atoms with E-state index < -0.39 is 27.9 Å². The molecule has 0 saturated heterocycles. The van der Waals surface area contributed by atoms with Crippen molar-refractivity contribution in [2.45, 2.75) is 45.6 Å². The first-order valence-corrected chi connectivity index (χ1v) is 12.0. The van der Waals surface area contributed by atoms with Crippen LogP contribution in [0.4, 0.5) is 0 Å². The molecule has 8 nitrogen and oxygen atoms in total. The SMILES string of the molecule is CCN(CC)S(=O)(=O)c1ccc(Cl)c(C(=O)NNC(=O)C(C)Oc2cccc(C)c2C)c1. The molecule has 2 N–H and O–H groups in total. The first-order chi connectivity index (χ1) is 15.0. The van der Waals surface area contributed by atoms with Gasteiger partial charge in [-0.2, -0.15) is 4.31 Å². The number of carbonyl (C=O) groups is 2. The highest BCUT2D eigenvalue weighted by atomic mass is 35.5. The lowest BCUT2D eigenvalue weighted by atomic mass is 10.1. The molecule has 32 heavy (non-hydrogen) atoms. The van der Waals surface area contributed by atoms with Gasteiger partial charge in [-0.15, -0.1) is 0 Å². The van der Waals surface area contributed by atoms with Crippen molar-refractivity contribution < 1.29 is 22.7 Å². The van der Waals surface area contributed by atoms with Gasteiger partial charge in [0.1, 0.15) is 5.75 Å². The fraction of sp³-hybridized carbons (Fsp3) is 0.364. The Kier molecular flexibility index (Phi) is 8.65. The number of aryl methyl sites for hydroxylation is 1. The van der Waals surface area contributed by atoms with Crippen LogP contribution in [0, 0.1) is 13.8 Å². The molecule has 2 rings (SSSR count). The van der Waals surface area contributed by atoms with E-state index in [0.29, 0.717) is 5.75 Å². The van der Waals surface area contributed by atoms with E-state index in [0.717, 1.165) is 11.1 Å². The Labute approximate surface area is 193 Å². The van der Waals surface area contributed by atoms with Crippen molar-refractivity contribution in [3.05, 3.63) is 58.1 Å². The maximum atomic E-state index is 12.7. The van der Waals surface area contributed by atoms with Gasteiger partial charge in [-0.3, -0.25) is 20.4 Å². The van der Waals surface area contributed by atoms with Crippen LogP contribution >= 0.6 is 11.6 Å². The summed E-state index contributed by atoms with van der Waals surface area (Å²) in [4.78, 5) is 24.9. The summed E-state index contributed by atoms with van der Waals surface area (Å²) in [6.07, 6.45) is -0.888. The number of hydrazine groups is 1. The molecule has 0 aliphatic rings. The molecule has 2 aromatic carbocycles. The standard InChI is InChI=1S/C22H28ClN3O5S/c1-6-26(7-2)32(29,30)17-11-12-19(23)18(13-17)22(28)25-24-21(27)16(5)31-20-10-8-9-14(3)15(20)4/h8-13,16H,6-7H2,1-5H3,(H,24,27)(H,25,28). The Hall–Kier alpha value is -2.62. The quantitative estimate of drug-likeness (QED) is 0.563. The largest absolute Gasteiger partial charge is 0.481 e. The van der Waals surface area contributed by atoms with Gasteiger partial charge >= 0.3 is 0 Å². The van der Waals surface area contributed by atoms with Gasteiger partial charge in [-0.05, 0) is 56.2 Å². The number of amides is 2. The Balaban J connectivity index is 2.10.